The molecular formula is C13H16BrNO2S. The fourth-order valence-corrected chi connectivity index (χ4v) is 4.13. The Bertz CT molecular complexity index is 533. The van der Waals surface area contributed by atoms with Crippen molar-refractivity contribution in [1.29, 1.82) is 0 Å². The van der Waals surface area contributed by atoms with Gasteiger partial charge in [-0.25, -0.2) is 8.42 Å². The van der Waals surface area contributed by atoms with E-state index in [1.807, 2.05) is 0 Å². The van der Waals surface area contributed by atoms with Crippen LogP contribution in [0.15, 0.2) is 33.6 Å². The third-order valence-electron chi connectivity index (χ3n) is 3.51. The zero-order valence-corrected chi connectivity index (χ0v) is 12.5. The monoisotopic (exact) mass is 329 g/mol. The van der Waals surface area contributed by atoms with E-state index in [9.17, 15) is 8.42 Å². The third-order valence-corrected chi connectivity index (χ3v) is 5.97. The van der Waals surface area contributed by atoms with E-state index in [-0.39, 0.29) is 6.04 Å². The van der Waals surface area contributed by atoms with Gasteiger partial charge in [-0.05, 0) is 55.9 Å². The zero-order valence-electron chi connectivity index (χ0n) is 10.0. The summed E-state index contributed by atoms with van der Waals surface area (Å²) in [7, 11) is -3.30. The van der Waals surface area contributed by atoms with Gasteiger partial charge in [0.25, 0.3) is 0 Å². The fourth-order valence-electron chi connectivity index (χ4n) is 2.10. The maximum atomic E-state index is 12.6. The van der Waals surface area contributed by atoms with Crippen LogP contribution in [0.4, 0.5) is 0 Å². The molecule has 3 rings (SSSR count). The van der Waals surface area contributed by atoms with Crippen molar-refractivity contribution in [3.05, 3.63) is 28.7 Å². The highest BCUT2D eigenvalue weighted by molar-refractivity contribution is 9.10. The SMILES string of the molecule is O=S(=O)(c1ccc(Br)cc1)N(CC1CC1)C1CC1. The molecule has 0 aromatic heterocycles. The van der Waals surface area contributed by atoms with E-state index in [0.29, 0.717) is 17.4 Å². The van der Waals surface area contributed by atoms with Crippen LogP contribution in [0.1, 0.15) is 25.7 Å². The molecule has 0 heterocycles. The van der Waals surface area contributed by atoms with Gasteiger partial charge in [-0.1, -0.05) is 15.9 Å². The Morgan fingerprint density at radius 2 is 1.72 bits per heavy atom. The summed E-state index contributed by atoms with van der Waals surface area (Å²) in [5, 5.41) is 0. The molecule has 2 aliphatic carbocycles. The molecule has 0 aliphatic heterocycles. The second kappa shape index (κ2) is 4.62. The number of hydrogen-bond donors (Lipinski definition) is 0. The van der Waals surface area contributed by atoms with E-state index in [4.69, 9.17) is 0 Å². The Kier molecular flexibility index (Phi) is 3.24. The number of sulfonamides is 1. The Morgan fingerprint density at radius 3 is 2.22 bits per heavy atom. The molecule has 1 aromatic rings. The van der Waals surface area contributed by atoms with Gasteiger partial charge in [0, 0.05) is 17.1 Å². The van der Waals surface area contributed by atoms with Gasteiger partial charge in [0.1, 0.15) is 0 Å². The molecule has 98 valence electrons. The number of rotatable bonds is 5. The molecule has 3 nitrogen and oxygen atoms in total. The molecule has 1 aromatic carbocycles. The maximum absolute atomic E-state index is 12.6. The van der Waals surface area contributed by atoms with E-state index in [1.54, 1.807) is 28.6 Å². The Morgan fingerprint density at radius 1 is 1.11 bits per heavy atom. The van der Waals surface area contributed by atoms with Crippen LogP contribution in [0.3, 0.4) is 0 Å². The lowest BCUT2D eigenvalue weighted by Crippen LogP contribution is -2.34. The average Bonchev–Trinajstić information content (AvgIpc) is 3.19. The van der Waals surface area contributed by atoms with Gasteiger partial charge in [0.15, 0.2) is 0 Å². The first kappa shape index (κ1) is 12.6. The molecule has 0 bridgehead atoms. The second-order valence-corrected chi connectivity index (χ2v) is 8.01. The molecule has 0 unspecified atom stereocenters. The molecule has 0 spiro atoms. The predicted molar refractivity (Wildman–Crippen MR) is 73.8 cm³/mol. The van der Waals surface area contributed by atoms with Gasteiger partial charge in [0.05, 0.1) is 4.90 Å². The smallest absolute Gasteiger partial charge is 0.207 e. The number of benzene rings is 1. The summed E-state index contributed by atoms with van der Waals surface area (Å²) in [6.45, 7) is 0.711. The van der Waals surface area contributed by atoms with Crippen LogP contribution in [-0.4, -0.2) is 25.3 Å². The summed E-state index contributed by atoms with van der Waals surface area (Å²) in [5.41, 5.74) is 0. The largest absolute Gasteiger partial charge is 0.243 e. The summed E-state index contributed by atoms with van der Waals surface area (Å²) in [6.07, 6.45) is 4.39. The van der Waals surface area contributed by atoms with Crippen LogP contribution in [0.2, 0.25) is 0 Å². The van der Waals surface area contributed by atoms with Gasteiger partial charge in [0.2, 0.25) is 10.0 Å². The van der Waals surface area contributed by atoms with Crippen molar-refractivity contribution in [1.82, 2.24) is 4.31 Å². The molecular weight excluding hydrogens is 314 g/mol. The first-order valence-corrected chi connectivity index (χ1v) is 8.58. The zero-order chi connectivity index (χ0) is 12.8. The van der Waals surface area contributed by atoms with Crippen molar-refractivity contribution in [2.45, 2.75) is 36.6 Å². The Labute approximate surface area is 116 Å². The first-order valence-electron chi connectivity index (χ1n) is 6.35. The van der Waals surface area contributed by atoms with Gasteiger partial charge in [-0.15, -0.1) is 0 Å². The highest BCUT2D eigenvalue weighted by atomic mass is 79.9. The fraction of sp³-hybridized carbons (Fsp3) is 0.538. The highest BCUT2D eigenvalue weighted by Crippen LogP contribution is 2.38. The van der Waals surface area contributed by atoms with Gasteiger partial charge >= 0.3 is 0 Å². The minimum absolute atomic E-state index is 0.249. The van der Waals surface area contributed by atoms with Crippen LogP contribution in [0.25, 0.3) is 0 Å². The second-order valence-electron chi connectivity index (χ2n) is 5.20. The van der Waals surface area contributed by atoms with Crippen LogP contribution in [-0.2, 0) is 10.0 Å². The van der Waals surface area contributed by atoms with E-state index in [2.05, 4.69) is 15.9 Å². The number of halogens is 1. The number of nitrogens with zero attached hydrogens (tertiary/aromatic N) is 1. The molecule has 5 heteroatoms. The molecule has 2 fully saturated rings. The summed E-state index contributed by atoms with van der Waals surface area (Å²) >= 11 is 3.33. The van der Waals surface area contributed by atoms with Gasteiger partial charge in [-0.3, -0.25) is 0 Å². The van der Waals surface area contributed by atoms with Crippen LogP contribution >= 0.6 is 15.9 Å². The van der Waals surface area contributed by atoms with Crippen molar-refractivity contribution in [2.75, 3.05) is 6.54 Å². The quantitative estimate of drug-likeness (QED) is 0.832. The minimum atomic E-state index is -3.30. The van der Waals surface area contributed by atoms with E-state index in [1.165, 1.54) is 12.8 Å². The molecule has 0 amide bonds. The van der Waals surface area contributed by atoms with Crippen molar-refractivity contribution in [3.63, 3.8) is 0 Å². The summed E-state index contributed by atoms with van der Waals surface area (Å²) in [6, 6.07) is 7.19. The molecule has 18 heavy (non-hydrogen) atoms. The molecule has 0 saturated heterocycles. The number of hydrogen-bond acceptors (Lipinski definition) is 2. The predicted octanol–water partition coefficient (Wildman–Crippen LogP) is 3.01. The highest BCUT2D eigenvalue weighted by Gasteiger charge is 2.40. The maximum Gasteiger partial charge on any atom is 0.243 e. The molecule has 0 atom stereocenters. The van der Waals surface area contributed by atoms with Crippen LogP contribution < -0.4 is 0 Å². The summed E-state index contributed by atoms with van der Waals surface area (Å²) < 4.78 is 27.8. The Hall–Kier alpha value is -0.390. The van der Waals surface area contributed by atoms with Gasteiger partial charge in [-0.2, -0.15) is 4.31 Å². The third kappa shape index (κ3) is 2.63. The van der Waals surface area contributed by atoms with E-state index >= 15 is 0 Å². The van der Waals surface area contributed by atoms with Crippen molar-refractivity contribution >= 4 is 26.0 Å². The van der Waals surface area contributed by atoms with Crippen molar-refractivity contribution < 1.29 is 8.42 Å². The van der Waals surface area contributed by atoms with Crippen LogP contribution in [0, 0.1) is 5.92 Å². The van der Waals surface area contributed by atoms with E-state index < -0.39 is 10.0 Å². The molecule has 2 aliphatic rings. The average molecular weight is 330 g/mol. The molecule has 0 radical (unpaired) electrons. The topological polar surface area (TPSA) is 37.4 Å². The van der Waals surface area contributed by atoms with Crippen molar-refractivity contribution in [2.24, 2.45) is 5.92 Å². The normalized spacial score (nSPS) is 20.3. The standard InChI is InChI=1S/C13H16BrNO2S/c14-11-3-7-13(8-4-11)18(16,17)15(12-5-6-12)9-10-1-2-10/h3-4,7-8,10,12H,1-2,5-6,9H2. The lowest BCUT2D eigenvalue weighted by atomic mass is 10.4. The van der Waals surface area contributed by atoms with E-state index in [0.717, 1.165) is 17.3 Å². The summed E-state index contributed by atoms with van der Waals surface area (Å²) in [5.74, 6) is 0.593. The lowest BCUT2D eigenvalue weighted by Gasteiger charge is -2.21. The lowest BCUT2D eigenvalue weighted by molar-refractivity contribution is 0.389. The minimum Gasteiger partial charge on any atom is -0.207 e. The van der Waals surface area contributed by atoms with Crippen LogP contribution in [0.5, 0.6) is 0 Å². The first-order chi connectivity index (χ1) is 8.57. The van der Waals surface area contributed by atoms with Gasteiger partial charge < -0.3 is 0 Å². The van der Waals surface area contributed by atoms with Crippen molar-refractivity contribution in [3.8, 4) is 0 Å². The molecule has 2 saturated carbocycles. The summed E-state index contributed by atoms with van der Waals surface area (Å²) in [4.78, 5) is 0.415. The molecule has 0 N–H and O–H groups in total. The Balaban J connectivity index is 1.88.